The lowest BCUT2D eigenvalue weighted by Gasteiger charge is -2.37. The molecule has 9 nitrogen and oxygen atoms in total. The number of rotatable bonds is 6. The summed E-state index contributed by atoms with van der Waals surface area (Å²) in [4.78, 5) is 31.0. The van der Waals surface area contributed by atoms with Gasteiger partial charge >= 0.3 is 6.03 Å². The molecule has 0 bridgehead atoms. The van der Waals surface area contributed by atoms with Gasteiger partial charge in [-0.25, -0.2) is 14.8 Å². The number of amides is 2. The SMILES string of the molecule is CCNC(=O)Nc1ccc(-c2nc3c(c(N4CCOC[C@@H]4C)n2)CCN(Cc2ccncc2)C3)cc1. The van der Waals surface area contributed by atoms with Crippen molar-refractivity contribution < 1.29 is 9.53 Å². The van der Waals surface area contributed by atoms with E-state index in [1.54, 1.807) is 0 Å². The Morgan fingerprint density at radius 2 is 1.92 bits per heavy atom. The molecule has 1 fully saturated rings. The van der Waals surface area contributed by atoms with Crippen molar-refractivity contribution in [3.8, 4) is 11.4 Å². The number of nitrogens with zero attached hydrogens (tertiary/aromatic N) is 5. The molecule has 4 heterocycles. The number of morpholine rings is 1. The molecule has 0 saturated carbocycles. The highest BCUT2D eigenvalue weighted by molar-refractivity contribution is 5.89. The van der Waals surface area contributed by atoms with Gasteiger partial charge in [-0.2, -0.15) is 0 Å². The average Bonchev–Trinajstić information content (AvgIpc) is 2.89. The van der Waals surface area contributed by atoms with Crippen LogP contribution in [0, 0.1) is 0 Å². The van der Waals surface area contributed by atoms with E-state index in [2.05, 4.69) is 44.5 Å². The van der Waals surface area contributed by atoms with Gasteiger partial charge in [-0.3, -0.25) is 9.88 Å². The van der Waals surface area contributed by atoms with Gasteiger partial charge in [0.25, 0.3) is 0 Å². The van der Waals surface area contributed by atoms with Crippen LogP contribution < -0.4 is 15.5 Å². The molecule has 0 radical (unpaired) electrons. The number of carbonyl (C=O) groups excluding carboxylic acids is 1. The zero-order valence-electron chi connectivity index (χ0n) is 20.9. The van der Waals surface area contributed by atoms with E-state index in [1.165, 1.54) is 11.1 Å². The molecule has 188 valence electrons. The van der Waals surface area contributed by atoms with E-state index in [0.717, 1.165) is 55.4 Å². The number of hydrogen-bond donors (Lipinski definition) is 2. The topological polar surface area (TPSA) is 95.5 Å². The second kappa shape index (κ2) is 11.0. The minimum absolute atomic E-state index is 0.215. The summed E-state index contributed by atoms with van der Waals surface area (Å²) < 4.78 is 5.70. The third-order valence-corrected chi connectivity index (χ3v) is 6.66. The first-order chi connectivity index (χ1) is 17.6. The predicted molar refractivity (Wildman–Crippen MR) is 140 cm³/mol. The fraction of sp³-hybridized carbons (Fsp3) is 0.407. The molecule has 0 aliphatic carbocycles. The van der Waals surface area contributed by atoms with E-state index >= 15 is 0 Å². The van der Waals surface area contributed by atoms with Crippen LogP contribution in [0.15, 0.2) is 48.8 Å². The predicted octanol–water partition coefficient (Wildman–Crippen LogP) is 3.46. The number of carbonyl (C=O) groups is 1. The van der Waals surface area contributed by atoms with Gasteiger partial charge in [0.15, 0.2) is 5.82 Å². The monoisotopic (exact) mass is 487 g/mol. The van der Waals surface area contributed by atoms with E-state index in [4.69, 9.17) is 14.7 Å². The van der Waals surface area contributed by atoms with Gasteiger partial charge in [0, 0.05) is 61.9 Å². The Morgan fingerprint density at radius 1 is 1.11 bits per heavy atom. The Bertz CT molecular complexity index is 1190. The Hall–Kier alpha value is -3.56. The average molecular weight is 488 g/mol. The van der Waals surface area contributed by atoms with Crippen molar-refractivity contribution in [1.29, 1.82) is 0 Å². The van der Waals surface area contributed by atoms with Crippen molar-refractivity contribution in [2.24, 2.45) is 0 Å². The number of ether oxygens (including phenoxy) is 1. The first kappa shape index (κ1) is 24.1. The van der Waals surface area contributed by atoms with Crippen LogP contribution in [0.25, 0.3) is 11.4 Å². The number of benzene rings is 1. The molecular formula is C27H33N7O2. The van der Waals surface area contributed by atoms with Gasteiger partial charge < -0.3 is 20.3 Å². The number of urea groups is 1. The fourth-order valence-electron chi connectivity index (χ4n) is 4.79. The first-order valence-electron chi connectivity index (χ1n) is 12.6. The number of anilines is 2. The molecule has 2 amide bonds. The highest BCUT2D eigenvalue weighted by atomic mass is 16.5. The zero-order chi connectivity index (χ0) is 24.9. The molecule has 2 aliphatic rings. The first-order valence-corrected chi connectivity index (χ1v) is 12.6. The van der Waals surface area contributed by atoms with Crippen LogP contribution in [0.4, 0.5) is 16.3 Å². The van der Waals surface area contributed by atoms with Crippen LogP contribution in [0.1, 0.15) is 30.7 Å². The van der Waals surface area contributed by atoms with Crippen molar-refractivity contribution in [1.82, 2.24) is 25.2 Å². The largest absolute Gasteiger partial charge is 0.377 e. The van der Waals surface area contributed by atoms with Crippen LogP contribution >= 0.6 is 0 Å². The molecule has 1 atom stereocenters. The molecule has 2 aromatic heterocycles. The Labute approximate surface area is 211 Å². The molecule has 0 unspecified atom stereocenters. The van der Waals surface area contributed by atoms with E-state index < -0.39 is 0 Å². The second-order valence-electron chi connectivity index (χ2n) is 9.29. The molecule has 5 rings (SSSR count). The molecule has 9 heteroatoms. The molecule has 1 aromatic carbocycles. The van der Waals surface area contributed by atoms with Gasteiger partial charge in [-0.05, 0) is 62.2 Å². The Balaban J connectivity index is 1.45. The van der Waals surface area contributed by atoms with E-state index in [1.807, 2.05) is 43.6 Å². The number of fused-ring (bicyclic) bond motifs is 1. The van der Waals surface area contributed by atoms with E-state index in [-0.39, 0.29) is 12.1 Å². The van der Waals surface area contributed by atoms with Crippen LogP contribution in [-0.4, -0.2) is 64.8 Å². The highest BCUT2D eigenvalue weighted by Gasteiger charge is 2.29. The molecule has 0 spiro atoms. The van der Waals surface area contributed by atoms with Crippen LogP contribution in [0.3, 0.4) is 0 Å². The number of pyridine rings is 1. The summed E-state index contributed by atoms with van der Waals surface area (Å²) in [5.41, 5.74) is 5.23. The lowest BCUT2D eigenvalue weighted by Crippen LogP contribution is -2.45. The van der Waals surface area contributed by atoms with Crippen molar-refractivity contribution in [2.75, 3.05) is 43.1 Å². The van der Waals surface area contributed by atoms with E-state index in [9.17, 15) is 4.79 Å². The summed E-state index contributed by atoms with van der Waals surface area (Å²) in [7, 11) is 0. The third-order valence-electron chi connectivity index (χ3n) is 6.66. The van der Waals surface area contributed by atoms with Gasteiger partial charge in [-0.1, -0.05) is 0 Å². The van der Waals surface area contributed by atoms with Gasteiger partial charge in [-0.15, -0.1) is 0 Å². The van der Waals surface area contributed by atoms with Crippen LogP contribution in [-0.2, 0) is 24.2 Å². The number of hydrogen-bond acceptors (Lipinski definition) is 7. The van der Waals surface area contributed by atoms with Gasteiger partial charge in [0.05, 0.1) is 24.9 Å². The van der Waals surface area contributed by atoms with Crippen molar-refractivity contribution in [3.05, 3.63) is 65.6 Å². The van der Waals surface area contributed by atoms with Gasteiger partial charge in [0.1, 0.15) is 5.82 Å². The molecule has 1 saturated heterocycles. The summed E-state index contributed by atoms with van der Waals surface area (Å²) in [6.07, 6.45) is 4.60. The fourth-order valence-corrected chi connectivity index (χ4v) is 4.79. The molecule has 2 aliphatic heterocycles. The highest BCUT2D eigenvalue weighted by Crippen LogP contribution is 2.32. The Morgan fingerprint density at radius 3 is 2.67 bits per heavy atom. The Kier molecular flexibility index (Phi) is 7.39. The number of aromatic nitrogens is 3. The lowest BCUT2D eigenvalue weighted by atomic mass is 10.0. The standard InChI is InChI=1S/C27H33N7O2/c1-3-29-27(35)30-22-6-4-21(5-7-22)25-31-24-17-33(16-20-8-11-28-12-9-20)13-10-23(24)26(32-25)34-14-15-36-18-19(34)2/h4-9,11-12,19H,3,10,13-18H2,1-2H3,(H2,29,30,35)/t19-/m0/s1. The minimum atomic E-state index is -0.215. The maximum absolute atomic E-state index is 11.9. The van der Waals surface area contributed by atoms with Crippen molar-refractivity contribution in [2.45, 2.75) is 39.4 Å². The normalized spacial score (nSPS) is 17.9. The third kappa shape index (κ3) is 5.47. The summed E-state index contributed by atoms with van der Waals surface area (Å²) in [6, 6.07) is 11.9. The molecular weight excluding hydrogens is 454 g/mol. The number of nitrogens with one attached hydrogen (secondary N) is 2. The minimum Gasteiger partial charge on any atom is -0.377 e. The summed E-state index contributed by atoms with van der Waals surface area (Å²) in [5, 5.41) is 5.59. The molecule has 3 aromatic rings. The van der Waals surface area contributed by atoms with Crippen molar-refractivity contribution in [3.63, 3.8) is 0 Å². The van der Waals surface area contributed by atoms with Gasteiger partial charge in [0.2, 0.25) is 0 Å². The zero-order valence-corrected chi connectivity index (χ0v) is 20.9. The molecule has 36 heavy (non-hydrogen) atoms. The smallest absolute Gasteiger partial charge is 0.319 e. The van der Waals surface area contributed by atoms with Crippen molar-refractivity contribution >= 4 is 17.5 Å². The lowest BCUT2D eigenvalue weighted by molar-refractivity contribution is 0.0983. The van der Waals surface area contributed by atoms with Crippen LogP contribution in [0.5, 0.6) is 0 Å². The summed E-state index contributed by atoms with van der Waals surface area (Å²) in [5.74, 6) is 1.73. The van der Waals surface area contributed by atoms with E-state index in [0.29, 0.717) is 25.6 Å². The second-order valence-corrected chi connectivity index (χ2v) is 9.29. The van der Waals surface area contributed by atoms with Crippen LogP contribution in [0.2, 0.25) is 0 Å². The maximum Gasteiger partial charge on any atom is 0.319 e. The molecule has 2 N–H and O–H groups in total. The summed E-state index contributed by atoms with van der Waals surface area (Å²) >= 11 is 0. The quantitative estimate of drug-likeness (QED) is 0.550. The summed E-state index contributed by atoms with van der Waals surface area (Å²) in [6.45, 7) is 9.47. The maximum atomic E-state index is 11.9.